The van der Waals surface area contributed by atoms with Crippen molar-refractivity contribution >= 4 is 52.2 Å². The van der Waals surface area contributed by atoms with E-state index in [1.165, 1.54) is 4.90 Å². The van der Waals surface area contributed by atoms with Crippen molar-refractivity contribution in [3.63, 3.8) is 0 Å². The first kappa shape index (κ1) is 24.7. The molecule has 0 unspecified atom stereocenters. The lowest BCUT2D eigenvalue weighted by Gasteiger charge is -2.16. The van der Waals surface area contributed by atoms with Gasteiger partial charge in [0.25, 0.3) is 5.91 Å². The number of amides is 2. The Morgan fingerprint density at radius 2 is 2.06 bits per heavy atom. The van der Waals surface area contributed by atoms with Gasteiger partial charge in [0, 0.05) is 13.0 Å². The Morgan fingerprint density at radius 1 is 1.32 bits per heavy atom. The molecular formula is C21H26N2O6S2. The van der Waals surface area contributed by atoms with Gasteiger partial charge in [-0.3, -0.25) is 14.5 Å². The summed E-state index contributed by atoms with van der Waals surface area (Å²) in [5.74, 6) is -0.630. The van der Waals surface area contributed by atoms with Gasteiger partial charge in [-0.15, -0.1) is 0 Å². The fraction of sp³-hybridized carbons (Fsp3) is 0.429. The zero-order valence-corrected chi connectivity index (χ0v) is 19.3. The fourth-order valence-corrected chi connectivity index (χ4v) is 4.23. The van der Waals surface area contributed by atoms with Crippen LogP contribution < -0.4 is 14.8 Å². The lowest BCUT2D eigenvalue weighted by atomic mass is 10.1. The summed E-state index contributed by atoms with van der Waals surface area (Å²) in [5.41, 5.74) is 0.752. The number of carboxylic acid groups (broad SMARTS) is 1. The predicted molar refractivity (Wildman–Crippen MR) is 123 cm³/mol. The van der Waals surface area contributed by atoms with Crippen molar-refractivity contribution in [1.82, 2.24) is 10.2 Å². The number of nitrogens with zero attached hydrogens (tertiary/aromatic N) is 1. The molecule has 0 radical (unpaired) electrons. The van der Waals surface area contributed by atoms with Crippen LogP contribution in [0.5, 0.6) is 11.5 Å². The second kappa shape index (κ2) is 11.7. The normalized spacial score (nSPS) is 15.8. The van der Waals surface area contributed by atoms with Crippen LogP contribution in [0.3, 0.4) is 0 Å². The van der Waals surface area contributed by atoms with Gasteiger partial charge in [-0.25, -0.2) is 4.79 Å². The van der Waals surface area contributed by atoms with E-state index in [4.69, 9.17) is 26.8 Å². The molecule has 0 spiro atoms. The molecule has 1 aliphatic rings. The number of carbonyl (C=O) groups is 3. The van der Waals surface area contributed by atoms with Gasteiger partial charge < -0.3 is 19.9 Å². The van der Waals surface area contributed by atoms with Gasteiger partial charge in [0.2, 0.25) is 5.91 Å². The molecule has 1 aromatic rings. The van der Waals surface area contributed by atoms with E-state index in [0.717, 1.165) is 17.3 Å². The zero-order chi connectivity index (χ0) is 23.0. The van der Waals surface area contributed by atoms with Crippen LogP contribution in [0.1, 0.15) is 38.7 Å². The van der Waals surface area contributed by atoms with Gasteiger partial charge in [-0.05, 0) is 37.1 Å². The van der Waals surface area contributed by atoms with Gasteiger partial charge in [-0.1, -0.05) is 43.4 Å². The maximum absolute atomic E-state index is 12.8. The van der Waals surface area contributed by atoms with Gasteiger partial charge >= 0.3 is 5.97 Å². The van der Waals surface area contributed by atoms with Crippen LogP contribution in [0.4, 0.5) is 0 Å². The molecule has 1 fully saturated rings. The Kier molecular flexibility index (Phi) is 9.32. The van der Waals surface area contributed by atoms with Gasteiger partial charge in [0.05, 0.1) is 18.6 Å². The van der Waals surface area contributed by atoms with Gasteiger partial charge in [-0.2, -0.15) is 0 Å². The summed E-state index contributed by atoms with van der Waals surface area (Å²) in [7, 11) is 1.54. The summed E-state index contributed by atoms with van der Waals surface area (Å²) >= 11 is 6.45. The molecule has 168 valence electrons. The zero-order valence-electron chi connectivity index (χ0n) is 17.7. The number of ether oxygens (including phenoxy) is 2. The number of nitrogens with one attached hydrogen (secondary N) is 1. The van der Waals surface area contributed by atoms with E-state index >= 15 is 0 Å². The third-order valence-corrected chi connectivity index (χ3v) is 5.81. The topological polar surface area (TPSA) is 105 Å². The highest BCUT2D eigenvalue weighted by Crippen LogP contribution is 2.34. The highest BCUT2D eigenvalue weighted by Gasteiger charge is 2.32. The molecule has 1 saturated heterocycles. The van der Waals surface area contributed by atoms with E-state index in [9.17, 15) is 14.4 Å². The molecule has 1 heterocycles. The van der Waals surface area contributed by atoms with E-state index < -0.39 is 17.9 Å². The molecule has 1 aliphatic heterocycles. The highest BCUT2D eigenvalue weighted by atomic mass is 32.2. The molecular weight excluding hydrogens is 440 g/mol. The molecule has 2 N–H and O–H groups in total. The summed E-state index contributed by atoms with van der Waals surface area (Å²) in [6, 6.07) is 4.42. The minimum Gasteiger partial charge on any atom is -0.493 e. The van der Waals surface area contributed by atoms with E-state index in [1.807, 2.05) is 19.9 Å². The van der Waals surface area contributed by atoms with Crippen molar-refractivity contribution in [2.75, 3.05) is 20.3 Å². The van der Waals surface area contributed by atoms with Crippen molar-refractivity contribution in [2.45, 2.75) is 39.2 Å². The Hall–Kier alpha value is -2.59. The number of rotatable bonds is 11. The lowest BCUT2D eigenvalue weighted by molar-refractivity contribution is -0.142. The molecule has 2 rings (SSSR count). The van der Waals surface area contributed by atoms with Crippen molar-refractivity contribution < 1.29 is 29.0 Å². The number of hydrogen-bond donors (Lipinski definition) is 2. The molecule has 8 nitrogen and oxygen atoms in total. The van der Waals surface area contributed by atoms with Gasteiger partial charge in [0.15, 0.2) is 11.5 Å². The predicted octanol–water partition coefficient (Wildman–Crippen LogP) is 3.05. The second-order valence-corrected chi connectivity index (χ2v) is 8.35. The smallest absolute Gasteiger partial charge is 0.326 e. The number of hydrogen-bond acceptors (Lipinski definition) is 7. The SMILES string of the molecule is CCC[C@@H](NC(=O)CCN1C(=O)/C(=C\c2ccc(OCC)c(OC)c2)SC1=S)C(=O)O. The van der Waals surface area contributed by atoms with E-state index in [2.05, 4.69) is 5.32 Å². The molecule has 10 heteroatoms. The summed E-state index contributed by atoms with van der Waals surface area (Å²) in [5, 5.41) is 11.6. The van der Waals surface area contributed by atoms with Crippen LogP contribution >= 0.6 is 24.0 Å². The van der Waals surface area contributed by atoms with E-state index in [1.54, 1.807) is 25.3 Å². The summed E-state index contributed by atoms with van der Waals surface area (Å²) in [4.78, 5) is 37.9. The first-order chi connectivity index (χ1) is 14.8. The Morgan fingerprint density at radius 3 is 2.68 bits per heavy atom. The van der Waals surface area contributed by atoms with E-state index in [-0.39, 0.29) is 18.9 Å². The van der Waals surface area contributed by atoms with Crippen molar-refractivity contribution in [3.8, 4) is 11.5 Å². The van der Waals surface area contributed by atoms with Crippen LogP contribution in [0.25, 0.3) is 6.08 Å². The molecule has 0 aliphatic carbocycles. The number of carbonyl (C=O) groups excluding carboxylic acids is 2. The molecule has 0 saturated carbocycles. The summed E-state index contributed by atoms with van der Waals surface area (Å²) in [6.45, 7) is 4.31. The van der Waals surface area contributed by atoms with Crippen molar-refractivity contribution in [2.24, 2.45) is 0 Å². The Bertz CT molecular complexity index is 887. The largest absolute Gasteiger partial charge is 0.493 e. The van der Waals surface area contributed by atoms with E-state index in [0.29, 0.717) is 40.2 Å². The third-order valence-electron chi connectivity index (χ3n) is 4.43. The molecule has 1 atom stereocenters. The molecule has 0 aromatic heterocycles. The van der Waals surface area contributed by atoms with Crippen LogP contribution in [0, 0.1) is 0 Å². The van der Waals surface area contributed by atoms with Crippen molar-refractivity contribution in [1.29, 1.82) is 0 Å². The first-order valence-electron chi connectivity index (χ1n) is 9.89. The molecule has 0 bridgehead atoms. The van der Waals surface area contributed by atoms with Crippen LogP contribution in [0.2, 0.25) is 0 Å². The summed E-state index contributed by atoms with van der Waals surface area (Å²) < 4.78 is 11.2. The minimum atomic E-state index is -1.07. The van der Waals surface area contributed by atoms with Crippen LogP contribution in [-0.4, -0.2) is 58.4 Å². The van der Waals surface area contributed by atoms with Crippen LogP contribution in [-0.2, 0) is 14.4 Å². The van der Waals surface area contributed by atoms with Gasteiger partial charge in [0.1, 0.15) is 10.4 Å². The highest BCUT2D eigenvalue weighted by molar-refractivity contribution is 8.26. The maximum Gasteiger partial charge on any atom is 0.326 e. The number of carboxylic acids is 1. The average Bonchev–Trinajstić information content (AvgIpc) is 2.99. The Balaban J connectivity index is 2.04. The summed E-state index contributed by atoms with van der Waals surface area (Å²) in [6.07, 6.45) is 2.65. The second-order valence-electron chi connectivity index (χ2n) is 6.67. The monoisotopic (exact) mass is 466 g/mol. The Labute approximate surface area is 191 Å². The molecule has 31 heavy (non-hydrogen) atoms. The number of benzene rings is 1. The molecule has 2 amide bonds. The van der Waals surface area contributed by atoms with Crippen LogP contribution in [0.15, 0.2) is 23.1 Å². The third kappa shape index (κ3) is 6.70. The molecule has 1 aromatic carbocycles. The maximum atomic E-state index is 12.8. The standard InChI is InChI=1S/C21H26N2O6S2/c1-4-6-14(20(26)27)22-18(24)9-10-23-19(25)17(31-21(23)30)12-13-7-8-15(29-5-2)16(11-13)28-3/h7-8,11-12,14H,4-6,9-10H2,1-3H3,(H,22,24)(H,26,27)/b17-12+/t14-/m1/s1. The first-order valence-corrected chi connectivity index (χ1v) is 11.1. The minimum absolute atomic E-state index is 0.0376. The number of thioether (sulfide) groups is 1. The quantitative estimate of drug-likeness (QED) is 0.379. The number of methoxy groups -OCH3 is 1. The average molecular weight is 467 g/mol. The number of aliphatic carboxylic acids is 1. The fourth-order valence-electron chi connectivity index (χ4n) is 2.92. The van der Waals surface area contributed by atoms with Crippen molar-refractivity contribution in [3.05, 3.63) is 28.7 Å². The number of thiocarbonyl (C=S) groups is 1. The lowest BCUT2D eigenvalue weighted by Crippen LogP contribution is -2.42.